The molecule has 3 aliphatic carbocycles. The minimum atomic E-state index is -0.567. The van der Waals surface area contributed by atoms with Crippen LogP contribution in [-0.4, -0.2) is 71.8 Å². The number of allylic oxidation sites excluding steroid dienone is 6. The summed E-state index contributed by atoms with van der Waals surface area (Å²) in [7, 11) is 0. The Bertz CT molecular complexity index is 1240. The lowest BCUT2D eigenvalue weighted by Gasteiger charge is -2.29. The maximum absolute atomic E-state index is 9.92. The lowest BCUT2D eigenvalue weighted by atomic mass is 9.83. The molecule has 3 fully saturated rings. The van der Waals surface area contributed by atoms with Crippen molar-refractivity contribution in [2.75, 3.05) is 19.8 Å². The highest BCUT2D eigenvalue weighted by molar-refractivity contribution is 5.47. The predicted octanol–water partition coefficient (Wildman–Crippen LogP) is 6.34. The molecule has 3 aliphatic heterocycles. The molecule has 0 bridgehead atoms. The van der Waals surface area contributed by atoms with E-state index in [0.29, 0.717) is 26.2 Å². The van der Waals surface area contributed by atoms with Crippen LogP contribution in [0.1, 0.15) is 40.5 Å². The zero-order valence-corrected chi connectivity index (χ0v) is 23.7. The van der Waals surface area contributed by atoms with Crippen molar-refractivity contribution in [3.05, 3.63) is 132 Å². The molecule has 6 nitrogen and oxygen atoms in total. The molecule has 3 N–H and O–H groups in total. The fourth-order valence-electron chi connectivity index (χ4n) is 5.98. The van der Waals surface area contributed by atoms with Gasteiger partial charge in [0.2, 0.25) is 0 Å². The monoisotopic (exact) mass is 590 g/mol. The van der Waals surface area contributed by atoms with Crippen LogP contribution < -0.4 is 0 Å². The molecule has 43 heavy (non-hydrogen) atoms. The molecule has 6 heteroatoms. The Balaban J connectivity index is 0.000000220. The first-order valence-corrected chi connectivity index (χ1v) is 14.1. The summed E-state index contributed by atoms with van der Waals surface area (Å²) in [6.07, 6.45) is 18.7. The first-order chi connectivity index (χ1) is 19.8. The number of aliphatic hydroxyl groups excluding tert-OH is 3. The SMILES string of the molecule is C.C.C=C/C=C1/C[C@H]2OCC=C2[C@H](O)C1=C.C=C/C=C1\C[C@@H](O)C2=CCO[C@@H]2C1.C=C/C=C1\C[C@@H](O)C2=CCO[C@@H]2C1=C. The molecule has 3 heterocycles. The predicted molar refractivity (Wildman–Crippen MR) is 177 cm³/mol. The lowest BCUT2D eigenvalue weighted by molar-refractivity contribution is 0.0851. The molecule has 0 aromatic rings. The van der Waals surface area contributed by atoms with Crippen molar-refractivity contribution in [3.63, 3.8) is 0 Å². The van der Waals surface area contributed by atoms with Gasteiger partial charge >= 0.3 is 0 Å². The Kier molecular flexibility index (Phi) is 14.0. The van der Waals surface area contributed by atoms with Crippen molar-refractivity contribution < 1.29 is 29.5 Å². The maximum Gasteiger partial charge on any atom is 0.106 e. The zero-order chi connectivity index (χ0) is 29.5. The second kappa shape index (κ2) is 16.7. The zero-order valence-electron chi connectivity index (χ0n) is 23.7. The van der Waals surface area contributed by atoms with Crippen molar-refractivity contribution in [1.29, 1.82) is 0 Å². The molecule has 6 aliphatic rings. The van der Waals surface area contributed by atoms with Crippen LogP contribution in [0.2, 0.25) is 0 Å². The average Bonchev–Trinajstić information content (AvgIpc) is 3.72. The Morgan fingerprint density at radius 2 is 1.12 bits per heavy atom. The highest BCUT2D eigenvalue weighted by Crippen LogP contribution is 2.38. The molecule has 6 rings (SSSR count). The average molecular weight is 591 g/mol. The van der Waals surface area contributed by atoms with Gasteiger partial charge in [-0.3, -0.25) is 0 Å². The molecule has 0 saturated heterocycles. The molecule has 3 saturated carbocycles. The number of fused-ring (bicyclic) bond motifs is 3. The van der Waals surface area contributed by atoms with Gasteiger partial charge in [-0.15, -0.1) is 0 Å². The molecule has 234 valence electrons. The van der Waals surface area contributed by atoms with Gasteiger partial charge in [0.25, 0.3) is 0 Å². The van der Waals surface area contributed by atoms with E-state index in [1.54, 1.807) is 18.2 Å². The second-order valence-electron chi connectivity index (χ2n) is 10.7. The molecular weight excluding hydrogens is 540 g/mol. The van der Waals surface area contributed by atoms with Crippen molar-refractivity contribution in [3.8, 4) is 0 Å². The van der Waals surface area contributed by atoms with Gasteiger partial charge in [0, 0.05) is 12.8 Å². The third-order valence-corrected chi connectivity index (χ3v) is 8.13. The quantitative estimate of drug-likeness (QED) is 0.333. The first-order valence-electron chi connectivity index (χ1n) is 14.1. The maximum atomic E-state index is 9.92. The van der Waals surface area contributed by atoms with Gasteiger partial charge in [0.15, 0.2) is 0 Å². The second-order valence-corrected chi connectivity index (χ2v) is 10.7. The molecular formula is C37H50O6. The van der Waals surface area contributed by atoms with Crippen LogP contribution in [0.4, 0.5) is 0 Å². The molecule has 0 aromatic carbocycles. The van der Waals surface area contributed by atoms with E-state index in [0.717, 1.165) is 58.3 Å². The molecule has 0 unspecified atom stereocenters. The van der Waals surface area contributed by atoms with Crippen molar-refractivity contribution in [2.45, 2.75) is 77.2 Å². The van der Waals surface area contributed by atoms with Crippen molar-refractivity contribution in [1.82, 2.24) is 0 Å². The largest absolute Gasteiger partial charge is 0.388 e. The fraction of sp³-hybridized carbons (Fsp3) is 0.405. The molecule has 0 spiro atoms. The van der Waals surface area contributed by atoms with Gasteiger partial charge in [-0.05, 0) is 51.9 Å². The molecule has 0 aromatic heterocycles. The standard InChI is InChI=1S/2C12H14O2.C11H14O2.2CH4/c1-3-4-9-7-11-10(5-6-14-11)12(13)8(9)2;1-3-4-9-7-11(13)10-5-6-14-12(10)8(9)2;1-2-3-8-6-10(12)9-4-5-13-11(9)7-8;;/h2*3-5,11-13H,1-2,6-7H2;2-4,10-12H,1,5-7H2;2*1H4/b9-4-;9-4+;8-3+;;/t2*11-,12-;10-,11-;;/m111../s1. The van der Waals surface area contributed by atoms with Crippen LogP contribution >= 0.6 is 0 Å². The Labute approximate surface area is 258 Å². The first kappa shape index (κ1) is 36.1. The van der Waals surface area contributed by atoms with Crippen molar-refractivity contribution in [2.24, 2.45) is 0 Å². The summed E-state index contributed by atoms with van der Waals surface area (Å²) in [4.78, 5) is 0. The summed E-state index contributed by atoms with van der Waals surface area (Å²) in [5.74, 6) is 0. The summed E-state index contributed by atoms with van der Waals surface area (Å²) in [5.41, 5.74) is 8.05. The van der Waals surface area contributed by atoms with Crippen LogP contribution in [0, 0.1) is 0 Å². The number of hydrogen-bond donors (Lipinski definition) is 3. The minimum absolute atomic E-state index is 0. The van der Waals surface area contributed by atoms with E-state index in [9.17, 15) is 15.3 Å². The van der Waals surface area contributed by atoms with E-state index in [1.165, 1.54) is 5.57 Å². The van der Waals surface area contributed by atoms with E-state index >= 15 is 0 Å². The van der Waals surface area contributed by atoms with Crippen LogP contribution in [0.15, 0.2) is 132 Å². The topological polar surface area (TPSA) is 88.4 Å². The summed E-state index contributed by atoms with van der Waals surface area (Å²) in [5, 5.41) is 29.5. The van der Waals surface area contributed by atoms with Crippen molar-refractivity contribution >= 4 is 0 Å². The van der Waals surface area contributed by atoms with E-state index in [2.05, 4.69) is 32.9 Å². The highest BCUT2D eigenvalue weighted by Gasteiger charge is 2.35. The molecule has 0 amide bonds. The molecule has 0 radical (unpaired) electrons. The smallest absolute Gasteiger partial charge is 0.106 e. The fourth-order valence-corrected chi connectivity index (χ4v) is 5.98. The summed E-state index contributed by atoms with van der Waals surface area (Å²) >= 11 is 0. The number of aliphatic hydroxyl groups is 3. The van der Waals surface area contributed by atoms with Gasteiger partial charge in [-0.2, -0.15) is 0 Å². The van der Waals surface area contributed by atoms with E-state index < -0.39 is 12.2 Å². The van der Waals surface area contributed by atoms with Crippen LogP contribution in [-0.2, 0) is 14.2 Å². The van der Waals surface area contributed by atoms with Gasteiger partial charge in [0.05, 0.1) is 44.2 Å². The normalized spacial score (nSPS) is 33.1. The van der Waals surface area contributed by atoms with Gasteiger partial charge < -0.3 is 29.5 Å². The molecule has 6 atom stereocenters. The Morgan fingerprint density at radius 1 is 0.605 bits per heavy atom. The summed E-state index contributed by atoms with van der Waals surface area (Å²) in [6.45, 7) is 20.7. The Morgan fingerprint density at radius 3 is 1.74 bits per heavy atom. The third-order valence-electron chi connectivity index (χ3n) is 8.13. The van der Waals surface area contributed by atoms with Crippen LogP contribution in [0.3, 0.4) is 0 Å². The number of hydrogen-bond acceptors (Lipinski definition) is 6. The van der Waals surface area contributed by atoms with Gasteiger partial charge in [-0.25, -0.2) is 0 Å². The minimum Gasteiger partial charge on any atom is -0.388 e. The number of rotatable bonds is 3. The summed E-state index contributed by atoms with van der Waals surface area (Å²) < 4.78 is 16.4. The Hall–Kier alpha value is -3.10. The van der Waals surface area contributed by atoms with E-state index in [-0.39, 0.29) is 39.3 Å². The van der Waals surface area contributed by atoms with E-state index in [1.807, 2.05) is 36.5 Å². The van der Waals surface area contributed by atoms with Crippen LogP contribution in [0.5, 0.6) is 0 Å². The lowest BCUT2D eigenvalue weighted by Crippen LogP contribution is -2.29. The highest BCUT2D eigenvalue weighted by atomic mass is 16.5. The third kappa shape index (κ3) is 8.30. The van der Waals surface area contributed by atoms with E-state index in [4.69, 9.17) is 14.2 Å². The van der Waals surface area contributed by atoms with Crippen LogP contribution in [0.25, 0.3) is 0 Å². The van der Waals surface area contributed by atoms with Gasteiger partial charge in [0.1, 0.15) is 12.2 Å². The number of ether oxygens (including phenoxy) is 3. The summed E-state index contributed by atoms with van der Waals surface area (Å²) in [6, 6.07) is 0. The van der Waals surface area contributed by atoms with Gasteiger partial charge in [-0.1, -0.05) is 108 Å².